The Morgan fingerprint density at radius 1 is 0.683 bits per heavy atom. The smallest absolute Gasteiger partial charge is 0.345 e. The number of phenols is 1. The predicted molar refractivity (Wildman–Crippen MR) is 268 cm³/mol. The average molecular weight is 988 g/mol. The second-order valence-corrected chi connectivity index (χ2v) is 28.6. The lowest BCUT2D eigenvalue weighted by molar-refractivity contribution is -0.119. The first-order chi connectivity index (χ1) is 29.6. The lowest BCUT2D eigenvalue weighted by atomic mass is 10.0. The fourth-order valence-electron chi connectivity index (χ4n) is 6.18. The van der Waals surface area contributed by atoms with Crippen molar-refractivity contribution in [2.45, 2.75) is 71.1 Å². The standard InChI is InChI=1S/C24H26ClO4PS.C19H16ClO5PS.C4H12Si/c1-4-28-30(27,29-5-2)24(21-16-31-23-14-13-19(25)15-20(21)23)22(26)8-6-7-18-11-9-17(3)10-12-18;20-13-6-9-18-15(10-13)16(11-27-18)19(26(23,24)25)17(22)3-1-2-12-4-7-14(21)8-5-12;1-5(2,3)4/h6-7,9-16,24H,4-5,8H2,1-3H3;1-2,4-11,19,21H,3H2,(H2,23,24,25);1-4H3/b7-6+;2-1+;. The van der Waals surface area contributed by atoms with E-state index in [0.29, 0.717) is 26.6 Å². The Morgan fingerprint density at radius 3 is 1.49 bits per heavy atom. The first-order valence-corrected chi connectivity index (χ1v) is 30.0. The summed E-state index contributed by atoms with van der Waals surface area (Å²) in [6.07, 6.45) is 6.89. The van der Waals surface area contributed by atoms with E-state index in [4.69, 9.17) is 32.2 Å². The molecule has 0 saturated heterocycles. The van der Waals surface area contributed by atoms with Crippen LogP contribution in [0, 0.1) is 6.92 Å². The quantitative estimate of drug-likeness (QED) is 0.0637. The minimum atomic E-state index is -4.71. The number of fused-ring (bicyclic) bond motifs is 2. The molecule has 0 fully saturated rings. The van der Waals surface area contributed by atoms with Crippen LogP contribution in [0.1, 0.15) is 65.8 Å². The van der Waals surface area contributed by atoms with E-state index in [2.05, 4.69) is 26.2 Å². The molecule has 0 bridgehead atoms. The summed E-state index contributed by atoms with van der Waals surface area (Å²) in [5, 5.41) is 15.1. The van der Waals surface area contributed by atoms with E-state index in [1.807, 2.05) is 48.7 Å². The summed E-state index contributed by atoms with van der Waals surface area (Å²) in [5.41, 5.74) is 1.33. The number of aromatic hydroxyl groups is 1. The molecule has 2 unspecified atom stereocenters. The Morgan fingerprint density at radius 2 is 1.08 bits per heavy atom. The van der Waals surface area contributed by atoms with Crippen molar-refractivity contribution in [3.05, 3.63) is 146 Å². The summed E-state index contributed by atoms with van der Waals surface area (Å²) in [6.45, 7) is 15.2. The normalized spacial score (nSPS) is 13.1. The lowest BCUT2D eigenvalue weighted by Crippen LogP contribution is -2.15. The molecule has 0 spiro atoms. The fraction of sp³-hybridized carbons (Fsp3) is 0.277. The van der Waals surface area contributed by atoms with Crippen molar-refractivity contribution in [2.75, 3.05) is 13.2 Å². The number of Topliss-reactive ketones (excluding diaryl/α,β-unsaturated/α-hetero) is 2. The summed E-state index contributed by atoms with van der Waals surface area (Å²) >= 11 is 15.0. The van der Waals surface area contributed by atoms with Crippen molar-refractivity contribution < 1.29 is 42.7 Å². The molecule has 2 heterocycles. The minimum absolute atomic E-state index is 0.112. The molecule has 0 aliphatic carbocycles. The molecule has 2 aromatic heterocycles. The van der Waals surface area contributed by atoms with Crippen LogP contribution in [-0.2, 0) is 27.8 Å². The van der Waals surface area contributed by atoms with Crippen LogP contribution in [0.5, 0.6) is 5.75 Å². The number of phenolic OH excluding ortho intramolecular Hbond substituents is 1. The molecular weight excluding hydrogens is 934 g/mol. The third-order valence-corrected chi connectivity index (χ3v) is 14.9. The van der Waals surface area contributed by atoms with E-state index in [1.165, 1.54) is 40.4 Å². The highest BCUT2D eigenvalue weighted by atomic mass is 35.5. The Kier molecular flexibility index (Phi) is 19.6. The van der Waals surface area contributed by atoms with Crippen molar-refractivity contribution in [3.63, 3.8) is 0 Å². The van der Waals surface area contributed by atoms with Gasteiger partial charge < -0.3 is 23.9 Å². The zero-order chi connectivity index (χ0) is 46.5. The first-order valence-electron chi connectivity index (χ1n) is 20.1. The van der Waals surface area contributed by atoms with E-state index in [9.17, 15) is 33.6 Å². The van der Waals surface area contributed by atoms with Gasteiger partial charge in [-0.25, -0.2) is 0 Å². The molecular formula is C47H54Cl2O9P2S2Si. The number of carbonyl (C=O) groups excluding carboxylic acids is 2. The van der Waals surface area contributed by atoms with Crippen LogP contribution >= 0.6 is 61.1 Å². The molecule has 0 radical (unpaired) electrons. The second kappa shape index (κ2) is 23.6. The summed E-state index contributed by atoms with van der Waals surface area (Å²) in [5.74, 6) is -0.654. The van der Waals surface area contributed by atoms with E-state index in [-0.39, 0.29) is 37.6 Å². The van der Waals surface area contributed by atoms with E-state index >= 15 is 0 Å². The third kappa shape index (κ3) is 15.9. The number of ketones is 2. The van der Waals surface area contributed by atoms with Crippen molar-refractivity contribution >= 4 is 113 Å². The van der Waals surface area contributed by atoms with Gasteiger partial charge in [-0.3, -0.25) is 18.7 Å². The maximum atomic E-state index is 13.7. The molecule has 0 amide bonds. The van der Waals surface area contributed by atoms with Gasteiger partial charge in [0, 0.05) is 40.4 Å². The van der Waals surface area contributed by atoms with Gasteiger partial charge in [-0.05, 0) is 113 Å². The van der Waals surface area contributed by atoms with E-state index in [0.717, 1.165) is 25.9 Å². The van der Waals surface area contributed by atoms with Crippen LogP contribution < -0.4 is 0 Å². The minimum Gasteiger partial charge on any atom is -0.508 e. The molecule has 3 N–H and O–H groups in total. The molecule has 0 saturated carbocycles. The molecule has 6 aromatic rings. The molecule has 0 aliphatic rings. The SMILES string of the molecule is CCOP(=O)(OCC)C(C(=O)C/C=C/c1ccc(C)cc1)c1csc2ccc(Cl)cc12.C[Si](C)(C)C.O=C(C/C=C/c1ccc(O)cc1)C(c1csc2ccc(Cl)cc12)P(=O)(O)O. The van der Waals surface area contributed by atoms with Gasteiger partial charge in [-0.2, -0.15) is 0 Å². The number of rotatable bonds is 16. The number of thiophene rings is 2. The first kappa shape index (κ1) is 52.1. The number of hydrogen-bond acceptors (Lipinski definition) is 9. The number of allylic oxidation sites excluding steroid dienone is 2. The Bertz CT molecular complexity index is 2610. The van der Waals surface area contributed by atoms with Crippen LogP contribution in [0.15, 0.2) is 108 Å². The van der Waals surface area contributed by atoms with Gasteiger partial charge in [0.15, 0.2) is 11.6 Å². The summed E-state index contributed by atoms with van der Waals surface area (Å²) in [7, 11) is -9.06. The molecule has 16 heteroatoms. The number of benzene rings is 4. The molecule has 2 atom stereocenters. The highest BCUT2D eigenvalue weighted by Crippen LogP contribution is 2.63. The Hall–Kier alpha value is -3.48. The van der Waals surface area contributed by atoms with Crippen molar-refractivity contribution in [3.8, 4) is 5.75 Å². The van der Waals surface area contributed by atoms with Gasteiger partial charge in [-0.15, -0.1) is 22.7 Å². The molecule has 9 nitrogen and oxygen atoms in total. The third-order valence-electron chi connectivity index (χ3n) is 8.83. The van der Waals surface area contributed by atoms with Gasteiger partial charge in [-0.1, -0.05) is 116 Å². The van der Waals surface area contributed by atoms with Crippen LogP contribution in [0.3, 0.4) is 0 Å². The summed E-state index contributed by atoms with van der Waals surface area (Å²) < 4.78 is 38.8. The lowest BCUT2D eigenvalue weighted by Gasteiger charge is -2.25. The van der Waals surface area contributed by atoms with Crippen molar-refractivity contribution in [1.29, 1.82) is 0 Å². The van der Waals surface area contributed by atoms with Gasteiger partial charge in [0.1, 0.15) is 17.1 Å². The van der Waals surface area contributed by atoms with Crippen LogP contribution in [0.4, 0.5) is 0 Å². The van der Waals surface area contributed by atoms with Crippen molar-refractivity contribution in [1.82, 2.24) is 0 Å². The zero-order valence-electron chi connectivity index (χ0n) is 36.3. The maximum Gasteiger partial charge on any atom is 0.345 e. The van der Waals surface area contributed by atoms with Gasteiger partial charge in [0.25, 0.3) is 0 Å². The van der Waals surface area contributed by atoms with E-state index in [1.54, 1.807) is 79.9 Å². The molecule has 0 aliphatic heterocycles. The average Bonchev–Trinajstić information content (AvgIpc) is 3.79. The summed E-state index contributed by atoms with van der Waals surface area (Å²) in [4.78, 5) is 45.7. The van der Waals surface area contributed by atoms with Crippen LogP contribution in [0.2, 0.25) is 36.2 Å². The number of halogens is 2. The molecule has 63 heavy (non-hydrogen) atoms. The number of carbonyl (C=O) groups is 2. The predicted octanol–water partition coefficient (Wildman–Crippen LogP) is 14.9. The topological polar surface area (TPSA) is 147 Å². The second-order valence-electron chi connectivity index (χ2n) is 16.1. The highest BCUT2D eigenvalue weighted by molar-refractivity contribution is 7.55. The largest absolute Gasteiger partial charge is 0.508 e. The Labute approximate surface area is 389 Å². The van der Waals surface area contributed by atoms with Crippen LogP contribution in [-0.4, -0.2) is 47.7 Å². The fourth-order valence-corrected chi connectivity index (χ4v) is 11.8. The van der Waals surface area contributed by atoms with Gasteiger partial charge in [0.2, 0.25) is 0 Å². The Balaban J connectivity index is 0.000000252. The van der Waals surface area contributed by atoms with Crippen LogP contribution in [0.25, 0.3) is 32.3 Å². The molecule has 336 valence electrons. The highest BCUT2D eigenvalue weighted by Gasteiger charge is 2.43. The monoisotopic (exact) mass is 986 g/mol. The maximum absolute atomic E-state index is 13.7. The van der Waals surface area contributed by atoms with Gasteiger partial charge >= 0.3 is 15.2 Å². The molecule has 4 aromatic carbocycles. The van der Waals surface area contributed by atoms with E-state index < -0.39 is 40.4 Å². The number of aryl methyl sites for hydroxylation is 1. The zero-order valence-corrected chi connectivity index (χ0v) is 42.2. The van der Waals surface area contributed by atoms with Gasteiger partial charge in [0.05, 0.1) is 13.2 Å². The van der Waals surface area contributed by atoms with Crippen molar-refractivity contribution in [2.24, 2.45) is 0 Å². The molecule has 6 rings (SSSR count). The number of hydrogen-bond donors (Lipinski definition) is 3. The summed E-state index contributed by atoms with van der Waals surface area (Å²) in [6, 6.07) is 25.0.